The molecule has 0 aliphatic rings. The third-order valence-electron chi connectivity index (χ3n) is 3.14. The van der Waals surface area contributed by atoms with Crippen molar-refractivity contribution in [2.75, 3.05) is 5.32 Å². The Labute approximate surface area is 128 Å². The summed E-state index contributed by atoms with van der Waals surface area (Å²) in [6, 6.07) is 7.05. The highest BCUT2D eigenvalue weighted by Crippen LogP contribution is 2.19. The lowest BCUT2D eigenvalue weighted by molar-refractivity contribution is -0.114. The number of benzene rings is 1. The molecule has 0 fully saturated rings. The van der Waals surface area contributed by atoms with Gasteiger partial charge in [0.15, 0.2) is 5.69 Å². The minimum Gasteiger partial charge on any atom is -0.476 e. The molecule has 1 aromatic heterocycles. The standard InChI is InChI=1S/C15H18N4O3/c1-3-4-8-13-14(15(21)22)17-18-19(13)12-7-5-6-11(9-12)16-10(2)20/h5-7,9H,3-4,8H2,1-2H3,(H,16,20)(H,21,22). The van der Waals surface area contributed by atoms with E-state index in [2.05, 4.69) is 15.6 Å². The lowest BCUT2D eigenvalue weighted by Gasteiger charge is -2.09. The summed E-state index contributed by atoms with van der Waals surface area (Å²) in [6.45, 7) is 3.46. The first-order chi connectivity index (χ1) is 10.5. The van der Waals surface area contributed by atoms with E-state index < -0.39 is 5.97 Å². The van der Waals surface area contributed by atoms with Crippen molar-refractivity contribution in [3.05, 3.63) is 35.7 Å². The Balaban J connectivity index is 2.43. The summed E-state index contributed by atoms with van der Waals surface area (Å²) < 4.78 is 1.52. The number of carboxylic acids is 1. The van der Waals surface area contributed by atoms with Gasteiger partial charge in [0.05, 0.1) is 11.4 Å². The summed E-state index contributed by atoms with van der Waals surface area (Å²) in [5.41, 5.74) is 1.82. The third-order valence-corrected chi connectivity index (χ3v) is 3.14. The molecule has 22 heavy (non-hydrogen) atoms. The minimum atomic E-state index is -1.09. The molecule has 7 heteroatoms. The highest BCUT2D eigenvalue weighted by molar-refractivity contribution is 5.89. The Kier molecular flexibility index (Phi) is 4.88. The lowest BCUT2D eigenvalue weighted by atomic mass is 10.1. The van der Waals surface area contributed by atoms with Gasteiger partial charge in [-0.05, 0) is 31.0 Å². The fourth-order valence-corrected chi connectivity index (χ4v) is 2.16. The molecular formula is C15H18N4O3. The number of hydrogen-bond acceptors (Lipinski definition) is 4. The van der Waals surface area contributed by atoms with Crippen LogP contribution in [0.2, 0.25) is 0 Å². The van der Waals surface area contributed by atoms with Crippen molar-refractivity contribution in [3.63, 3.8) is 0 Å². The molecule has 2 rings (SSSR count). The Morgan fingerprint density at radius 1 is 1.36 bits per heavy atom. The van der Waals surface area contributed by atoms with Gasteiger partial charge in [-0.2, -0.15) is 0 Å². The Hall–Kier alpha value is -2.70. The fourth-order valence-electron chi connectivity index (χ4n) is 2.16. The van der Waals surface area contributed by atoms with Gasteiger partial charge in [-0.15, -0.1) is 5.10 Å². The molecule has 1 aromatic carbocycles. The highest BCUT2D eigenvalue weighted by Gasteiger charge is 2.19. The number of carboxylic acid groups (broad SMARTS) is 1. The van der Waals surface area contributed by atoms with Crippen molar-refractivity contribution in [2.45, 2.75) is 33.1 Å². The lowest BCUT2D eigenvalue weighted by Crippen LogP contribution is -2.09. The van der Waals surface area contributed by atoms with E-state index in [1.54, 1.807) is 24.3 Å². The number of nitrogens with one attached hydrogen (secondary N) is 1. The number of carbonyl (C=O) groups excluding carboxylic acids is 1. The second-order valence-corrected chi connectivity index (χ2v) is 4.94. The van der Waals surface area contributed by atoms with Crippen LogP contribution in [0.3, 0.4) is 0 Å². The normalized spacial score (nSPS) is 10.5. The molecule has 0 bridgehead atoms. The van der Waals surface area contributed by atoms with E-state index >= 15 is 0 Å². The van der Waals surface area contributed by atoms with E-state index in [4.69, 9.17) is 0 Å². The van der Waals surface area contributed by atoms with Gasteiger partial charge in [0.1, 0.15) is 0 Å². The third kappa shape index (κ3) is 3.49. The molecule has 2 N–H and O–H groups in total. The van der Waals surface area contributed by atoms with Crippen LogP contribution in [0.15, 0.2) is 24.3 Å². The Bertz CT molecular complexity index is 694. The van der Waals surface area contributed by atoms with E-state index in [-0.39, 0.29) is 11.6 Å². The van der Waals surface area contributed by atoms with Gasteiger partial charge < -0.3 is 10.4 Å². The van der Waals surface area contributed by atoms with E-state index in [0.717, 1.165) is 12.8 Å². The summed E-state index contributed by atoms with van der Waals surface area (Å²) >= 11 is 0. The number of unbranched alkanes of at least 4 members (excludes halogenated alkanes) is 1. The number of anilines is 1. The number of carbonyl (C=O) groups is 2. The van der Waals surface area contributed by atoms with Crippen LogP contribution in [0.4, 0.5) is 5.69 Å². The average Bonchev–Trinajstić information content (AvgIpc) is 2.88. The van der Waals surface area contributed by atoms with Crippen molar-refractivity contribution in [2.24, 2.45) is 0 Å². The van der Waals surface area contributed by atoms with E-state index in [1.165, 1.54) is 11.6 Å². The van der Waals surface area contributed by atoms with Gasteiger partial charge in [-0.1, -0.05) is 24.6 Å². The van der Waals surface area contributed by atoms with Crippen molar-refractivity contribution in [1.82, 2.24) is 15.0 Å². The molecular weight excluding hydrogens is 284 g/mol. The molecule has 116 valence electrons. The summed E-state index contributed by atoms with van der Waals surface area (Å²) in [5.74, 6) is -1.26. The monoisotopic (exact) mass is 302 g/mol. The van der Waals surface area contributed by atoms with Gasteiger partial charge in [0.25, 0.3) is 0 Å². The maximum atomic E-state index is 11.3. The molecule has 0 atom stereocenters. The van der Waals surface area contributed by atoms with Crippen molar-refractivity contribution >= 4 is 17.6 Å². The maximum Gasteiger partial charge on any atom is 0.358 e. The van der Waals surface area contributed by atoms with Crippen LogP contribution < -0.4 is 5.32 Å². The highest BCUT2D eigenvalue weighted by atomic mass is 16.4. The predicted octanol–water partition coefficient (Wildman–Crippen LogP) is 2.27. The Morgan fingerprint density at radius 3 is 2.77 bits per heavy atom. The number of hydrogen-bond donors (Lipinski definition) is 2. The van der Waals surface area contributed by atoms with Crippen molar-refractivity contribution < 1.29 is 14.7 Å². The zero-order chi connectivity index (χ0) is 16.1. The average molecular weight is 302 g/mol. The summed E-state index contributed by atoms with van der Waals surface area (Å²) in [6.07, 6.45) is 2.37. The molecule has 2 aromatic rings. The van der Waals surface area contributed by atoms with Gasteiger partial charge in [0, 0.05) is 12.6 Å². The molecule has 1 heterocycles. The quantitative estimate of drug-likeness (QED) is 0.853. The molecule has 7 nitrogen and oxygen atoms in total. The van der Waals surface area contributed by atoms with E-state index in [9.17, 15) is 14.7 Å². The first kappa shape index (κ1) is 15.7. The van der Waals surface area contributed by atoms with Crippen LogP contribution >= 0.6 is 0 Å². The molecule has 0 saturated carbocycles. The van der Waals surface area contributed by atoms with Crippen molar-refractivity contribution in [1.29, 1.82) is 0 Å². The molecule has 0 aliphatic carbocycles. The largest absolute Gasteiger partial charge is 0.476 e. The molecule has 0 unspecified atom stereocenters. The number of rotatable bonds is 6. The zero-order valence-corrected chi connectivity index (χ0v) is 12.5. The van der Waals surface area contributed by atoms with Gasteiger partial charge in [-0.3, -0.25) is 4.79 Å². The zero-order valence-electron chi connectivity index (χ0n) is 12.5. The molecule has 0 radical (unpaired) electrons. The van der Waals surface area contributed by atoms with Gasteiger partial charge in [0.2, 0.25) is 5.91 Å². The second kappa shape index (κ2) is 6.84. The van der Waals surface area contributed by atoms with Crippen LogP contribution in [0.1, 0.15) is 42.9 Å². The minimum absolute atomic E-state index is 0.0293. The maximum absolute atomic E-state index is 11.3. The first-order valence-corrected chi connectivity index (χ1v) is 7.08. The smallest absolute Gasteiger partial charge is 0.358 e. The number of nitrogens with zero attached hydrogens (tertiary/aromatic N) is 3. The first-order valence-electron chi connectivity index (χ1n) is 7.08. The summed E-state index contributed by atoms with van der Waals surface area (Å²) in [5, 5.41) is 19.6. The fraction of sp³-hybridized carbons (Fsp3) is 0.333. The SMILES string of the molecule is CCCCc1c(C(=O)O)nnn1-c1cccc(NC(C)=O)c1. The molecule has 0 saturated heterocycles. The van der Waals surface area contributed by atoms with Crippen LogP contribution in [-0.4, -0.2) is 32.0 Å². The Morgan fingerprint density at radius 2 is 2.14 bits per heavy atom. The molecule has 0 spiro atoms. The van der Waals surface area contributed by atoms with Crippen LogP contribution in [0, 0.1) is 0 Å². The molecule has 0 aliphatic heterocycles. The van der Waals surface area contributed by atoms with Crippen LogP contribution in [0.25, 0.3) is 5.69 Å². The second-order valence-electron chi connectivity index (χ2n) is 4.94. The van der Waals surface area contributed by atoms with E-state index in [1.807, 2.05) is 6.92 Å². The van der Waals surface area contributed by atoms with E-state index in [0.29, 0.717) is 23.5 Å². The summed E-state index contributed by atoms with van der Waals surface area (Å²) in [4.78, 5) is 22.4. The predicted molar refractivity (Wildman–Crippen MR) is 81.2 cm³/mol. The van der Waals surface area contributed by atoms with Crippen LogP contribution in [0.5, 0.6) is 0 Å². The number of aromatic nitrogens is 3. The molecule has 1 amide bonds. The summed E-state index contributed by atoms with van der Waals surface area (Å²) in [7, 11) is 0. The van der Waals surface area contributed by atoms with Crippen molar-refractivity contribution in [3.8, 4) is 5.69 Å². The van der Waals surface area contributed by atoms with Gasteiger partial charge in [-0.25, -0.2) is 9.48 Å². The number of amides is 1. The topological polar surface area (TPSA) is 97.1 Å². The number of aromatic carboxylic acids is 1. The van der Waals surface area contributed by atoms with Gasteiger partial charge >= 0.3 is 5.97 Å². The van der Waals surface area contributed by atoms with Crippen LogP contribution in [-0.2, 0) is 11.2 Å².